The van der Waals surface area contributed by atoms with Gasteiger partial charge in [0.1, 0.15) is 24.7 Å². The summed E-state index contributed by atoms with van der Waals surface area (Å²) in [6, 6.07) is 12.0. The van der Waals surface area contributed by atoms with E-state index in [4.69, 9.17) is 32.7 Å². The van der Waals surface area contributed by atoms with Crippen LogP contribution in [-0.4, -0.2) is 19.5 Å². The zero-order valence-corrected chi connectivity index (χ0v) is 12.0. The minimum Gasteiger partial charge on any atom is -0.489 e. The van der Waals surface area contributed by atoms with Crippen LogP contribution in [0.1, 0.15) is 10.4 Å². The Morgan fingerprint density at radius 1 is 0.950 bits per heavy atom. The smallest absolute Gasteiger partial charge is 0.153 e. The van der Waals surface area contributed by atoms with Gasteiger partial charge in [-0.25, -0.2) is 0 Å². The van der Waals surface area contributed by atoms with Crippen LogP contribution >= 0.6 is 23.2 Å². The first-order valence-corrected chi connectivity index (χ1v) is 6.71. The molecule has 0 amide bonds. The van der Waals surface area contributed by atoms with Gasteiger partial charge in [-0.2, -0.15) is 0 Å². The summed E-state index contributed by atoms with van der Waals surface area (Å²) in [5.74, 6) is 1.04. The molecule has 0 fully saturated rings. The van der Waals surface area contributed by atoms with E-state index in [2.05, 4.69) is 0 Å². The van der Waals surface area contributed by atoms with Gasteiger partial charge in [0.25, 0.3) is 0 Å². The van der Waals surface area contributed by atoms with Gasteiger partial charge in [-0.15, -0.1) is 0 Å². The van der Waals surface area contributed by atoms with Crippen molar-refractivity contribution in [1.29, 1.82) is 0 Å². The molecule has 5 heteroatoms. The Morgan fingerprint density at radius 3 is 2.40 bits per heavy atom. The zero-order chi connectivity index (χ0) is 14.4. The van der Waals surface area contributed by atoms with Gasteiger partial charge < -0.3 is 9.47 Å². The Balaban J connectivity index is 1.87. The summed E-state index contributed by atoms with van der Waals surface area (Å²) in [6.07, 6.45) is 0.754. The number of carbonyl (C=O) groups is 1. The maximum Gasteiger partial charge on any atom is 0.153 e. The maximum atomic E-state index is 10.8. The minimum atomic E-state index is 0.299. The highest BCUT2D eigenvalue weighted by Gasteiger charge is 2.04. The molecule has 3 nitrogen and oxygen atoms in total. The molecule has 0 atom stereocenters. The maximum absolute atomic E-state index is 10.8. The van der Waals surface area contributed by atoms with Gasteiger partial charge in [0.15, 0.2) is 6.29 Å². The molecule has 0 bridgehead atoms. The Bertz CT molecular complexity index is 599. The SMILES string of the molecule is O=Cc1ccccc1OCCOc1cc(Cl)ccc1Cl. The standard InChI is InChI=1S/C15H12Cl2O3/c16-12-5-6-13(17)15(9-12)20-8-7-19-14-4-2-1-3-11(14)10-18/h1-6,9-10H,7-8H2. The topological polar surface area (TPSA) is 35.5 Å². The fraction of sp³-hybridized carbons (Fsp3) is 0.133. The Morgan fingerprint density at radius 2 is 1.65 bits per heavy atom. The first-order chi connectivity index (χ1) is 9.70. The lowest BCUT2D eigenvalue weighted by Gasteiger charge is -2.10. The van der Waals surface area contributed by atoms with Crippen LogP contribution in [0.15, 0.2) is 42.5 Å². The fourth-order valence-corrected chi connectivity index (χ4v) is 1.93. The molecule has 104 valence electrons. The monoisotopic (exact) mass is 310 g/mol. The van der Waals surface area contributed by atoms with Crippen LogP contribution in [0.4, 0.5) is 0 Å². The van der Waals surface area contributed by atoms with Gasteiger partial charge in [0.2, 0.25) is 0 Å². The van der Waals surface area contributed by atoms with Gasteiger partial charge in [-0.05, 0) is 24.3 Å². The van der Waals surface area contributed by atoms with Crippen LogP contribution < -0.4 is 9.47 Å². The van der Waals surface area contributed by atoms with Gasteiger partial charge in [-0.1, -0.05) is 35.3 Å². The number of aldehydes is 1. The average molecular weight is 311 g/mol. The van der Waals surface area contributed by atoms with Crippen molar-refractivity contribution in [2.75, 3.05) is 13.2 Å². The first-order valence-electron chi connectivity index (χ1n) is 5.95. The van der Waals surface area contributed by atoms with Crippen LogP contribution in [-0.2, 0) is 0 Å². The number of hydrogen-bond acceptors (Lipinski definition) is 3. The van der Waals surface area contributed by atoms with Crippen molar-refractivity contribution in [1.82, 2.24) is 0 Å². The quantitative estimate of drug-likeness (QED) is 0.590. The molecule has 2 rings (SSSR count). The van der Waals surface area contributed by atoms with Gasteiger partial charge in [-0.3, -0.25) is 4.79 Å². The van der Waals surface area contributed by atoms with E-state index in [1.165, 1.54) is 0 Å². The highest BCUT2D eigenvalue weighted by Crippen LogP contribution is 2.27. The number of ether oxygens (including phenoxy) is 2. The predicted octanol–water partition coefficient (Wildman–Crippen LogP) is 4.26. The number of benzene rings is 2. The fourth-order valence-electron chi connectivity index (χ4n) is 1.60. The van der Waals surface area contributed by atoms with Gasteiger partial charge >= 0.3 is 0 Å². The summed E-state index contributed by atoms with van der Waals surface area (Å²) in [6.45, 7) is 0.598. The lowest BCUT2D eigenvalue weighted by Crippen LogP contribution is -2.10. The highest BCUT2D eigenvalue weighted by atomic mass is 35.5. The predicted molar refractivity (Wildman–Crippen MR) is 79.3 cm³/mol. The lowest BCUT2D eigenvalue weighted by atomic mass is 10.2. The molecule has 2 aromatic carbocycles. The molecule has 0 aliphatic heterocycles. The minimum absolute atomic E-state index is 0.299. The molecule has 0 saturated carbocycles. The Hall–Kier alpha value is -1.71. The van der Waals surface area contributed by atoms with E-state index >= 15 is 0 Å². The number of hydrogen-bond donors (Lipinski definition) is 0. The molecule has 0 aliphatic rings. The van der Waals surface area contributed by atoms with E-state index in [9.17, 15) is 4.79 Å². The van der Waals surface area contributed by atoms with E-state index in [-0.39, 0.29) is 0 Å². The molecule has 0 aliphatic carbocycles. The van der Waals surface area contributed by atoms with E-state index < -0.39 is 0 Å². The van der Waals surface area contributed by atoms with Crippen molar-refractivity contribution in [3.8, 4) is 11.5 Å². The van der Waals surface area contributed by atoms with Crippen LogP contribution in [0.3, 0.4) is 0 Å². The van der Waals surface area contributed by atoms with Gasteiger partial charge in [0, 0.05) is 11.1 Å². The summed E-state index contributed by atoms with van der Waals surface area (Å²) in [4.78, 5) is 10.8. The Labute approximate surface area is 127 Å². The summed E-state index contributed by atoms with van der Waals surface area (Å²) < 4.78 is 11.0. The molecule has 0 unspecified atom stereocenters. The zero-order valence-electron chi connectivity index (χ0n) is 10.5. The number of halogens is 2. The summed E-state index contributed by atoms with van der Waals surface area (Å²) in [7, 11) is 0. The second-order valence-corrected chi connectivity index (χ2v) is 4.77. The first kappa shape index (κ1) is 14.7. The third-order valence-corrected chi connectivity index (χ3v) is 3.09. The van der Waals surface area contributed by atoms with Crippen LogP contribution in [0.5, 0.6) is 11.5 Å². The highest BCUT2D eigenvalue weighted by molar-refractivity contribution is 6.34. The number of carbonyl (C=O) groups excluding carboxylic acids is 1. The molecule has 0 N–H and O–H groups in total. The van der Waals surface area contributed by atoms with E-state index in [1.807, 2.05) is 0 Å². The molecule has 0 spiro atoms. The second-order valence-electron chi connectivity index (χ2n) is 3.93. The molecular weight excluding hydrogens is 299 g/mol. The second kappa shape index (κ2) is 7.17. The van der Waals surface area contributed by atoms with Crippen molar-refractivity contribution in [3.63, 3.8) is 0 Å². The van der Waals surface area contributed by atoms with Crippen molar-refractivity contribution >= 4 is 29.5 Å². The molecule has 0 heterocycles. The third kappa shape index (κ3) is 3.89. The summed E-state index contributed by atoms with van der Waals surface area (Å²) in [5.41, 5.74) is 0.508. The largest absolute Gasteiger partial charge is 0.489 e. The molecule has 0 radical (unpaired) electrons. The molecule has 0 aromatic heterocycles. The third-order valence-electron chi connectivity index (χ3n) is 2.54. The molecular formula is C15H12Cl2O3. The molecule has 0 saturated heterocycles. The molecule has 2 aromatic rings. The number of para-hydroxylation sites is 1. The van der Waals surface area contributed by atoms with Crippen LogP contribution in [0, 0.1) is 0 Å². The lowest BCUT2D eigenvalue weighted by molar-refractivity contribution is 0.111. The van der Waals surface area contributed by atoms with Crippen molar-refractivity contribution in [3.05, 3.63) is 58.1 Å². The summed E-state index contributed by atoms with van der Waals surface area (Å²) in [5, 5.41) is 1.04. The van der Waals surface area contributed by atoms with E-state index in [1.54, 1.807) is 42.5 Å². The van der Waals surface area contributed by atoms with Gasteiger partial charge in [0.05, 0.1) is 10.6 Å². The molecule has 20 heavy (non-hydrogen) atoms. The Kier molecular flexibility index (Phi) is 5.27. The van der Waals surface area contributed by atoms with E-state index in [0.717, 1.165) is 6.29 Å². The normalized spacial score (nSPS) is 10.1. The van der Waals surface area contributed by atoms with Crippen molar-refractivity contribution in [2.24, 2.45) is 0 Å². The van der Waals surface area contributed by atoms with Crippen LogP contribution in [0.2, 0.25) is 10.0 Å². The van der Waals surface area contributed by atoms with Crippen LogP contribution in [0.25, 0.3) is 0 Å². The average Bonchev–Trinajstić information content (AvgIpc) is 2.47. The van der Waals surface area contributed by atoms with Crippen molar-refractivity contribution < 1.29 is 14.3 Å². The van der Waals surface area contributed by atoms with Crippen molar-refractivity contribution in [2.45, 2.75) is 0 Å². The van der Waals surface area contributed by atoms with E-state index in [0.29, 0.717) is 40.3 Å². The number of rotatable bonds is 6. The summed E-state index contributed by atoms with van der Waals surface area (Å²) >= 11 is 11.8.